The lowest BCUT2D eigenvalue weighted by atomic mass is 10.0. The Hall–Kier alpha value is -4.16. The minimum absolute atomic E-state index is 0.0415. The van der Waals surface area contributed by atoms with Crippen molar-refractivity contribution in [3.05, 3.63) is 96.1 Å². The van der Waals surface area contributed by atoms with Crippen molar-refractivity contribution in [1.82, 2.24) is 14.8 Å². The van der Waals surface area contributed by atoms with Crippen LogP contribution in [0, 0.1) is 0 Å². The Morgan fingerprint density at radius 1 is 0.865 bits per heavy atom. The van der Waals surface area contributed by atoms with E-state index in [-0.39, 0.29) is 5.91 Å². The van der Waals surface area contributed by atoms with Gasteiger partial charge in [0.05, 0.1) is 31.0 Å². The number of fused-ring (bicyclic) bond motifs is 1. The average Bonchev–Trinajstić information content (AvgIpc) is 2.96. The van der Waals surface area contributed by atoms with Gasteiger partial charge < -0.3 is 14.4 Å². The number of hydrogen-bond donors (Lipinski definition) is 0. The maximum absolute atomic E-state index is 13.7. The molecule has 1 fully saturated rings. The lowest BCUT2D eigenvalue weighted by Crippen LogP contribution is -2.48. The highest BCUT2D eigenvalue weighted by atomic mass is 16.5. The van der Waals surface area contributed by atoms with Gasteiger partial charge in [0, 0.05) is 43.7 Å². The van der Waals surface area contributed by atoms with E-state index in [0.717, 1.165) is 41.8 Å². The molecule has 37 heavy (non-hydrogen) atoms. The quantitative estimate of drug-likeness (QED) is 0.346. The molecule has 0 saturated carbocycles. The first kappa shape index (κ1) is 24.5. The largest absolute Gasteiger partial charge is 0.493 e. The molecule has 0 N–H and O–H groups in total. The van der Waals surface area contributed by atoms with E-state index in [1.54, 1.807) is 14.2 Å². The summed E-state index contributed by atoms with van der Waals surface area (Å²) in [5, 5.41) is 0.866. The van der Waals surface area contributed by atoms with Crippen molar-refractivity contribution < 1.29 is 14.3 Å². The standard InChI is InChI=1S/C31H31N3O3/c1-36-29-15-14-24(21-30(29)37-2)28-22-26(25-12-6-7-13-27(25)32-28)31(35)34-19-17-33(18-20-34)16-8-11-23-9-4-3-5-10-23/h3-15,21-22H,16-20H2,1-2H3. The summed E-state index contributed by atoms with van der Waals surface area (Å²) in [6.45, 7) is 3.95. The van der Waals surface area contributed by atoms with Crippen LogP contribution in [0.4, 0.5) is 0 Å². The van der Waals surface area contributed by atoms with E-state index in [2.05, 4.69) is 29.2 Å². The zero-order valence-electron chi connectivity index (χ0n) is 21.3. The second-order valence-corrected chi connectivity index (χ2v) is 9.05. The van der Waals surface area contributed by atoms with Crippen molar-refractivity contribution in [1.29, 1.82) is 0 Å². The number of para-hydroxylation sites is 1. The number of aromatic nitrogens is 1. The minimum Gasteiger partial charge on any atom is -0.493 e. The van der Waals surface area contributed by atoms with Crippen LogP contribution in [0.3, 0.4) is 0 Å². The topological polar surface area (TPSA) is 54.9 Å². The van der Waals surface area contributed by atoms with Gasteiger partial charge >= 0.3 is 0 Å². The van der Waals surface area contributed by atoms with E-state index >= 15 is 0 Å². The molecular formula is C31H31N3O3. The number of amides is 1. The van der Waals surface area contributed by atoms with Gasteiger partial charge in [0.1, 0.15) is 0 Å². The van der Waals surface area contributed by atoms with Gasteiger partial charge in [0.25, 0.3) is 5.91 Å². The van der Waals surface area contributed by atoms with Gasteiger partial charge in [-0.05, 0) is 35.9 Å². The van der Waals surface area contributed by atoms with Crippen LogP contribution in [0.2, 0.25) is 0 Å². The summed E-state index contributed by atoms with van der Waals surface area (Å²) in [5.41, 5.74) is 4.27. The lowest BCUT2D eigenvalue weighted by Gasteiger charge is -2.34. The zero-order chi connectivity index (χ0) is 25.6. The van der Waals surface area contributed by atoms with Gasteiger partial charge in [-0.3, -0.25) is 9.69 Å². The molecule has 0 spiro atoms. The molecule has 6 nitrogen and oxygen atoms in total. The van der Waals surface area contributed by atoms with Gasteiger partial charge in [-0.15, -0.1) is 0 Å². The summed E-state index contributed by atoms with van der Waals surface area (Å²) >= 11 is 0. The second kappa shape index (κ2) is 11.3. The predicted molar refractivity (Wildman–Crippen MR) is 148 cm³/mol. The first-order valence-electron chi connectivity index (χ1n) is 12.5. The molecule has 0 radical (unpaired) electrons. The monoisotopic (exact) mass is 493 g/mol. The van der Waals surface area contributed by atoms with Crippen LogP contribution in [-0.4, -0.2) is 67.6 Å². The number of rotatable bonds is 7. The normalized spacial score (nSPS) is 14.3. The molecule has 1 aliphatic rings. The Labute approximate surface area is 217 Å². The smallest absolute Gasteiger partial charge is 0.254 e. The van der Waals surface area contributed by atoms with Gasteiger partial charge in [0.15, 0.2) is 11.5 Å². The number of nitrogens with zero attached hydrogens (tertiary/aromatic N) is 3. The Kier molecular flexibility index (Phi) is 7.47. The zero-order valence-corrected chi connectivity index (χ0v) is 21.3. The number of ether oxygens (including phenoxy) is 2. The highest BCUT2D eigenvalue weighted by molar-refractivity contribution is 6.07. The fourth-order valence-electron chi connectivity index (χ4n) is 4.70. The summed E-state index contributed by atoms with van der Waals surface area (Å²) in [6, 6.07) is 25.7. The van der Waals surface area contributed by atoms with Crippen LogP contribution in [0.25, 0.3) is 28.2 Å². The molecule has 188 valence electrons. The predicted octanol–water partition coefficient (Wildman–Crippen LogP) is 5.39. The molecule has 6 heteroatoms. The maximum Gasteiger partial charge on any atom is 0.254 e. The summed E-state index contributed by atoms with van der Waals surface area (Å²) in [5.74, 6) is 1.32. The third kappa shape index (κ3) is 5.49. The molecular weight excluding hydrogens is 462 g/mol. The van der Waals surface area contributed by atoms with Crippen LogP contribution in [0.15, 0.2) is 84.9 Å². The summed E-state index contributed by atoms with van der Waals surface area (Å²) < 4.78 is 10.9. The van der Waals surface area contributed by atoms with Crippen LogP contribution in [0.1, 0.15) is 15.9 Å². The summed E-state index contributed by atoms with van der Waals surface area (Å²) in [7, 11) is 3.23. The van der Waals surface area contributed by atoms with Crippen LogP contribution in [-0.2, 0) is 0 Å². The van der Waals surface area contributed by atoms with E-state index in [9.17, 15) is 4.79 Å². The third-order valence-electron chi connectivity index (χ3n) is 6.76. The molecule has 1 aromatic heterocycles. The van der Waals surface area contributed by atoms with Crippen molar-refractivity contribution in [2.75, 3.05) is 46.9 Å². The SMILES string of the molecule is COc1ccc(-c2cc(C(=O)N3CCN(CC=Cc4ccccc4)CC3)c3ccccc3n2)cc1OC. The van der Waals surface area contributed by atoms with E-state index in [4.69, 9.17) is 14.5 Å². The molecule has 2 heterocycles. The summed E-state index contributed by atoms with van der Waals surface area (Å²) in [4.78, 5) is 22.9. The third-order valence-corrected chi connectivity index (χ3v) is 6.76. The molecule has 0 unspecified atom stereocenters. The van der Waals surface area contributed by atoms with E-state index < -0.39 is 0 Å². The van der Waals surface area contributed by atoms with Crippen molar-refractivity contribution >= 4 is 22.9 Å². The fourth-order valence-corrected chi connectivity index (χ4v) is 4.70. The summed E-state index contributed by atoms with van der Waals surface area (Å²) in [6.07, 6.45) is 4.34. The molecule has 1 aliphatic heterocycles. The minimum atomic E-state index is 0.0415. The number of benzene rings is 3. The van der Waals surface area contributed by atoms with Crippen molar-refractivity contribution in [3.63, 3.8) is 0 Å². The number of piperazine rings is 1. The number of carbonyl (C=O) groups is 1. The van der Waals surface area contributed by atoms with Gasteiger partial charge in [-0.1, -0.05) is 60.7 Å². The van der Waals surface area contributed by atoms with Crippen molar-refractivity contribution in [2.24, 2.45) is 0 Å². The fraction of sp³-hybridized carbons (Fsp3) is 0.226. The van der Waals surface area contributed by atoms with E-state index in [1.807, 2.05) is 71.6 Å². The molecule has 3 aromatic carbocycles. The van der Waals surface area contributed by atoms with Gasteiger partial charge in [0.2, 0.25) is 0 Å². The van der Waals surface area contributed by atoms with Crippen LogP contribution in [0.5, 0.6) is 11.5 Å². The molecule has 0 bridgehead atoms. The number of carbonyl (C=O) groups excluding carboxylic acids is 1. The lowest BCUT2D eigenvalue weighted by molar-refractivity contribution is 0.0652. The second-order valence-electron chi connectivity index (χ2n) is 9.05. The molecule has 4 aromatic rings. The van der Waals surface area contributed by atoms with E-state index in [0.29, 0.717) is 30.2 Å². The van der Waals surface area contributed by atoms with E-state index in [1.165, 1.54) is 5.56 Å². The molecule has 5 rings (SSSR count). The first-order chi connectivity index (χ1) is 18.2. The van der Waals surface area contributed by atoms with Crippen LogP contribution >= 0.6 is 0 Å². The van der Waals surface area contributed by atoms with Crippen molar-refractivity contribution in [2.45, 2.75) is 0 Å². The average molecular weight is 494 g/mol. The van der Waals surface area contributed by atoms with Gasteiger partial charge in [-0.2, -0.15) is 0 Å². The molecule has 1 saturated heterocycles. The molecule has 0 aliphatic carbocycles. The Balaban J connectivity index is 1.34. The molecule has 0 atom stereocenters. The number of pyridine rings is 1. The Bertz CT molecular complexity index is 1410. The maximum atomic E-state index is 13.7. The number of hydrogen-bond acceptors (Lipinski definition) is 5. The first-order valence-corrected chi connectivity index (χ1v) is 12.5. The van der Waals surface area contributed by atoms with Gasteiger partial charge in [-0.25, -0.2) is 4.98 Å². The Morgan fingerprint density at radius 3 is 2.35 bits per heavy atom. The Morgan fingerprint density at radius 2 is 1.59 bits per heavy atom. The molecule has 1 amide bonds. The van der Waals surface area contributed by atoms with Crippen molar-refractivity contribution in [3.8, 4) is 22.8 Å². The number of methoxy groups -OCH3 is 2. The highest BCUT2D eigenvalue weighted by Crippen LogP contribution is 2.33. The highest BCUT2D eigenvalue weighted by Gasteiger charge is 2.24. The van der Waals surface area contributed by atoms with Crippen LogP contribution < -0.4 is 9.47 Å².